The Hall–Kier alpha value is -1.10. The molecule has 80 valence electrons. The molecule has 0 bridgehead atoms. The number of amides is 2. The third kappa shape index (κ3) is 2.99. The van der Waals surface area contributed by atoms with Gasteiger partial charge in [-0.05, 0) is 25.7 Å². The second-order valence-electron chi connectivity index (χ2n) is 3.68. The summed E-state index contributed by atoms with van der Waals surface area (Å²) in [7, 11) is 0. The van der Waals surface area contributed by atoms with Crippen LogP contribution in [-0.2, 0) is 9.59 Å². The first-order valence-electron chi connectivity index (χ1n) is 4.83. The van der Waals surface area contributed by atoms with Crippen LogP contribution in [-0.4, -0.2) is 29.6 Å². The van der Waals surface area contributed by atoms with Crippen molar-refractivity contribution in [1.29, 1.82) is 0 Å². The van der Waals surface area contributed by atoms with E-state index in [1.54, 1.807) is 0 Å². The summed E-state index contributed by atoms with van der Waals surface area (Å²) >= 11 is 0. The van der Waals surface area contributed by atoms with Gasteiger partial charge < -0.3 is 16.2 Å². The first-order valence-corrected chi connectivity index (χ1v) is 4.83. The fourth-order valence-electron chi connectivity index (χ4n) is 1.80. The van der Waals surface area contributed by atoms with Crippen molar-refractivity contribution in [3.05, 3.63) is 0 Å². The zero-order chi connectivity index (χ0) is 10.6. The summed E-state index contributed by atoms with van der Waals surface area (Å²) in [4.78, 5) is 21.7. The van der Waals surface area contributed by atoms with Gasteiger partial charge in [0, 0.05) is 12.0 Å². The maximum Gasteiger partial charge on any atom is 0.245 e. The lowest BCUT2D eigenvalue weighted by molar-refractivity contribution is -0.125. The molecule has 0 unspecified atom stereocenters. The van der Waals surface area contributed by atoms with Crippen molar-refractivity contribution in [1.82, 2.24) is 5.32 Å². The van der Waals surface area contributed by atoms with Crippen molar-refractivity contribution < 1.29 is 14.7 Å². The molecule has 0 aromatic heterocycles. The number of aliphatic hydroxyl groups is 1. The number of hydrogen-bond acceptors (Lipinski definition) is 3. The van der Waals surface area contributed by atoms with Gasteiger partial charge in [0.2, 0.25) is 11.8 Å². The van der Waals surface area contributed by atoms with Gasteiger partial charge in [-0.25, -0.2) is 0 Å². The maximum atomic E-state index is 10.8. The van der Waals surface area contributed by atoms with Crippen molar-refractivity contribution >= 4 is 11.8 Å². The fourth-order valence-corrected chi connectivity index (χ4v) is 1.80. The predicted octanol–water partition coefficient (Wildman–Crippen LogP) is -0.861. The number of rotatable bonds is 3. The van der Waals surface area contributed by atoms with E-state index in [4.69, 9.17) is 10.8 Å². The minimum absolute atomic E-state index is 0.0442. The smallest absolute Gasteiger partial charge is 0.245 e. The topological polar surface area (TPSA) is 92.4 Å². The highest BCUT2D eigenvalue weighted by atomic mass is 16.3. The second-order valence-corrected chi connectivity index (χ2v) is 3.68. The summed E-state index contributed by atoms with van der Waals surface area (Å²) in [5.41, 5.74) is 5.17. The third-order valence-electron chi connectivity index (χ3n) is 2.64. The van der Waals surface area contributed by atoms with Crippen LogP contribution in [0.25, 0.3) is 0 Å². The molecule has 2 amide bonds. The molecule has 0 radical (unpaired) electrons. The Morgan fingerprint density at radius 1 is 1.29 bits per heavy atom. The molecule has 1 aliphatic carbocycles. The van der Waals surface area contributed by atoms with E-state index in [2.05, 4.69) is 5.32 Å². The summed E-state index contributed by atoms with van der Waals surface area (Å²) in [6.07, 6.45) is 2.98. The molecule has 5 nitrogen and oxygen atoms in total. The molecule has 1 saturated carbocycles. The Bertz CT molecular complexity index is 222. The standard InChI is InChI=1S/C9H16N2O3/c10-9(14)6-1-3-7(4-2-6)11-8(13)5-12/h6-7,12H,1-5H2,(H2,10,14)(H,11,13). The van der Waals surface area contributed by atoms with Gasteiger partial charge in [-0.3, -0.25) is 9.59 Å². The van der Waals surface area contributed by atoms with Crippen molar-refractivity contribution in [3.8, 4) is 0 Å². The Morgan fingerprint density at radius 2 is 1.86 bits per heavy atom. The minimum Gasteiger partial charge on any atom is -0.387 e. The number of aliphatic hydroxyl groups excluding tert-OH is 1. The average Bonchev–Trinajstić information content (AvgIpc) is 2.18. The van der Waals surface area contributed by atoms with E-state index in [-0.39, 0.29) is 23.8 Å². The Balaban J connectivity index is 2.29. The van der Waals surface area contributed by atoms with E-state index in [0.29, 0.717) is 0 Å². The van der Waals surface area contributed by atoms with E-state index >= 15 is 0 Å². The number of hydrogen-bond donors (Lipinski definition) is 3. The van der Waals surface area contributed by atoms with Gasteiger partial charge in [0.25, 0.3) is 0 Å². The fraction of sp³-hybridized carbons (Fsp3) is 0.778. The summed E-state index contributed by atoms with van der Waals surface area (Å²) in [6.45, 7) is -0.476. The summed E-state index contributed by atoms with van der Waals surface area (Å²) in [5, 5.41) is 11.2. The summed E-state index contributed by atoms with van der Waals surface area (Å²) in [5.74, 6) is -0.651. The van der Waals surface area contributed by atoms with Gasteiger partial charge in [-0.1, -0.05) is 0 Å². The molecule has 0 aliphatic heterocycles. The van der Waals surface area contributed by atoms with Crippen LogP contribution in [0.2, 0.25) is 0 Å². The van der Waals surface area contributed by atoms with Gasteiger partial charge in [0.05, 0.1) is 0 Å². The number of nitrogens with two attached hydrogens (primary N) is 1. The van der Waals surface area contributed by atoms with Crippen LogP contribution in [0.1, 0.15) is 25.7 Å². The molecule has 1 rings (SSSR count). The van der Waals surface area contributed by atoms with Crippen LogP contribution in [0.15, 0.2) is 0 Å². The Kier molecular flexibility index (Phi) is 3.88. The van der Waals surface area contributed by atoms with Crippen molar-refractivity contribution in [2.45, 2.75) is 31.7 Å². The van der Waals surface area contributed by atoms with Crippen molar-refractivity contribution in [3.63, 3.8) is 0 Å². The molecule has 0 heterocycles. The number of carbonyl (C=O) groups is 2. The van der Waals surface area contributed by atoms with Crippen LogP contribution in [0, 0.1) is 5.92 Å². The Morgan fingerprint density at radius 3 is 2.29 bits per heavy atom. The van der Waals surface area contributed by atoms with E-state index < -0.39 is 6.61 Å². The molecule has 1 aliphatic rings. The zero-order valence-corrected chi connectivity index (χ0v) is 8.03. The number of carbonyl (C=O) groups excluding carboxylic acids is 2. The summed E-state index contributed by atoms with van der Waals surface area (Å²) < 4.78 is 0. The SMILES string of the molecule is NC(=O)C1CCC(NC(=O)CO)CC1. The van der Waals surface area contributed by atoms with Crippen LogP contribution in [0.5, 0.6) is 0 Å². The van der Waals surface area contributed by atoms with Crippen LogP contribution in [0.3, 0.4) is 0 Å². The molecule has 0 aromatic carbocycles. The second kappa shape index (κ2) is 4.95. The van der Waals surface area contributed by atoms with Crippen molar-refractivity contribution in [2.75, 3.05) is 6.61 Å². The highest BCUT2D eigenvalue weighted by Gasteiger charge is 2.25. The quantitative estimate of drug-likeness (QED) is 0.553. The monoisotopic (exact) mass is 200 g/mol. The lowest BCUT2D eigenvalue weighted by atomic mass is 9.85. The lowest BCUT2D eigenvalue weighted by Crippen LogP contribution is -2.40. The molecule has 1 fully saturated rings. The maximum absolute atomic E-state index is 10.8. The van der Waals surface area contributed by atoms with Gasteiger partial charge in [0.1, 0.15) is 6.61 Å². The largest absolute Gasteiger partial charge is 0.387 e. The molecule has 0 aromatic rings. The van der Waals surface area contributed by atoms with E-state index in [0.717, 1.165) is 25.7 Å². The lowest BCUT2D eigenvalue weighted by Gasteiger charge is -2.27. The Labute approximate surface area is 82.7 Å². The van der Waals surface area contributed by atoms with Gasteiger partial charge >= 0.3 is 0 Å². The average molecular weight is 200 g/mol. The molecular weight excluding hydrogens is 184 g/mol. The third-order valence-corrected chi connectivity index (χ3v) is 2.64. The minimum atomic E-state index is -0.476. The van der Waals surface area contributed by atoms with Crippen molar-refractivity contribution in [2.24, 2.45) is 11.7 Å². The molecule has 0 saturated heterocycles. The number of nitrogens with one attached hydrogen (secondary N) is 1. The van der Waals surface area contributed by atoms with E-state index in [1.165, 1.54) is 0 Å². The number of primary amides is 1. The van der Waals surface area contributed by atoms with Crippen LogP contribution >= 0.6 is 0 Å². The van der Waals surface area contributed by atoms with Gasteiger partial charge in [-0.15, -0.1) is 0 Å². The normalized spacial score (nSPS) is 26.9. The van der Waals surface area contributed by atoms with Gasteiger partial charge in [-0.2, -0.15) is 0 Å². The summed E-state index contributed by atoms with van der Waals surface area (Å²) in [6, 6.07) is 0.0882. The molecule has 0 spiro atoms. The highest BCUT2D eigenvalue weighted by Crippen LogP contribution is 2.23. The molecular formula is C9H16N2O3. The van der Waals surface area contributed by atoms with Gasteiger partial charge in [0.15, 0.2) is 0 Å². The van der Waals surface area contributed by atoms with Crippen LogP contribution < -0.4 is 11.1 Å². The molecule has 0 atom stereocenters. The zero-order valence-electron chi connectivity index (χ0n) is 8.03. The molecule has 5 heteroatoms. The highest BCUT2D eigenvalue weighted by molar-refractivity contribution is 5.78. The van der Waals surface area contributed by atoms with E-state index in [1.807, 2.05) is 0 Å². The molecule has 14 heavy (non-hydrogen) atoms. The first kappa shape index (κ1) is 11.0. The van der Waals surface area contributed by atoms with Crippen LogP contribution in [0.4, 0.5) is 0 Å². The first-order chi connectivity index (χ1) is 6.63. The van der Waals surface area contributed by atoms with E-state index in [9.17, 15) is 9.59 Å². The molecule has 4 N–H and O–H groups in total. The predicted molar refractivity (Wildman–Crippen MR) is 50.2 cm³/mol.